The molecule has 5 heteroatoms. The van der Waals surface area contributed by atoms with E-state index in [2.05, 4.69) is 4.74 Å². The van der Waals surface area contributed by atoms with Crippen molar-refractivity contribution < 1.29 is 18.3 Å². The average Bonchev–Trinajstić information content (AvgIpc) is 2.21. The molecule has 1 aromatic carbocycles. The molecule has 0 aliphatic rings. The zero-order valence-electron chi connectivity index (χ0n) is 8.17. The molecule has 0 aromatic heterocycles. The maximum atomic E-state index is 13.2. The molecule has 0 aliphatic heterocycles. The lowest BCUT2D eigenvalue weighted by Crippen LogP contribution is -2.25. The van der Waals surface area contributed by atoms with Crippen molar-refractivity contribution in [3.8, 4) is 0 Å². The summed E-state index contributed by atoms with van der Waals surface area (Å²) in [5, 5.41) is 0. The second kappa shape index (κ2) is 4.84. The number of esters is 1. The summed E-state index contributed by atoms with van der Waals surface area (Å²) in [5.41, 5.74) is 5.21. The molecule has 15 heavy (non-hydrogen) atoms. The highest BCUT2D eigenvalue weighted by atomic mass is 19.2. The van der Waals surface area contributed by atoms with Gasteiger partial charge in [0.2, 0.25) is 0 Å². The number of hydrogen-bond acceptors (Lipinski definition) is 3. The molecule has 82 valence electrons. The molecule has 1 rings (SSSR count). The Labute approximate surface area is 85.8 Å². The van der Waals surface area contributed by atoms with Crippen molar-refractivity contribution in [2.24, 2.45) is 5.73 Å². The van der Waals surface area contributed by atoms with Crippen LogP contribution >= 0.6 is 0 Å². The first-order chi connectivity index (χ1) is 7.07. The Morgan fingerprint density at radius 3 is 2.80 bits per heavy atom. The molecule has 0 fully saturated rings. The number of carbonyl (C=O) groups is 1. The Balaban J connectivity index is 2.96. The number of halogens is 2. The summed E-state index contributed by atoms with van der Waals surface area (Å²) in [6, 6.07) is 2.20. The molecule has 0 radical (unpaired) electrons. The molecule has 0 saturated heterocycles. The van der Waals surface area contributed by atoms with Crippen molar-refractivity contribution in [1.29, 1.82) is 0 Å². The number of rotatable bonds is 3. The molecule has 1 aromatic rings. The van der Waals surface area contributed by atoms with Crippen LogP contribution in [0.5, 0.6) is 0 Å². The van der Waals surface area contributed by atoms with E-state index in [9.17, 15) is 13.6 Å². The third kappa shape index (κ3) is 2.50. The maximum absolute atomic E-state index is 13.2. The Hall–Kier alpha value is -1.49. The minimum atomic E-state index is -1.29. The highest BCUT2D eigenvalue weighted by Gasteiger charge is 2.22. The number of benzene rings is 1. The Bertz CT molecular complexity index is 368. The molecule has 1 atom stereocenters. The third-order valence-corrected chi connectivity index (χ3v) is 1.86. The van der Waals surface area contributed by atoms with Crippen LogP contribution < -0.4 is 5.73 Å². The topological polar surface area (TPSA) is 52.3 Å². The molecule has 3 nitrogen and oxygen atoms in total. The zero-order valence-corrected chi connectivity index (χ0v) is 8.17. The first kappa shape index (κ1) is 11.6. The van der Waals surface area contributed by atoms with Crippen LogP contribution in [0, 0.1) is 11.6 Å². The lowest BCUT2D eigenvalue weighted by atomic mass is 10.1. The van der Waals surface area contributed by atoms with Crippen molar-refractivity contribution in [1.82, 2.24) is 0 Å². The van der Waals surface area contributed by atoms with Crippen molar-refractivity contribution in [3.63, 3.8) is 0 Å². The first-order valence-electron chi connectivity index (χ1n) is 4.44. The van der Waals surface area contributed by atoms with Crippen LogP contribution in [0.1, 0.15) is 18.5 Å². The van der Waals surface area contributed by atoms with Gasteiger partial charge in [-0.3, -0.25) is 0 Å². The fourth-order valence-electron chi connectivity index (χ4n) is 1.12. The lowest BCUT2D eigenvalue weighted by molar-refractivity contribution is -0.144. The smallest absolute Gasteiger partial charge is 0.327 e. The van der Waals surface area contributed by atoms with E-state index in [1.807, 2.05) is 0 Å². The number of carbonyl (C=O) groups excluding carboxylic acids is 1. The number of ether oxygens (including phenoxy) is 1. The van der Waals surface area contributed by atoms with E-state index in [4.69, 9.17) is 5.73 Å². The van der Waals surface area contributed by atoms with Crippen molar-refractivity contribution in [2.45, 2.75) is 13.0 Å². The van der Waals surface area contributed by atoms with Gasteiger partial charge in [-0.25, -0.2) is 13.6 Å². The van der Waals surface area contributed by atoms with Crippen LogP contribution in [0.15, 0.2) is 18.2 Å². The average molecular weight is 215 g/mol. The monoisotopic (exact) mass is 215 g/mol. The molecule has 0 heterocycles. The van der Waals surface area contributed by atoms with Crippen LogP contribution in [-0.2, 0) is 9.53 Å². The van der Waals surface area contributed by atoms with Crippen molar-refractivity contribution in [3.05, 3.63) is 35.4 Å². The molecule has 0 bridgehead atoms. The van der Waals surface area contributed by atoms with Gasteiger partial charge in [-0.15, -0.1) is 0 Å². The first-order valence-corrected chi connectivity index (χ1v) is 4.44. The second-order valence-corrected chi connectivity index (χ2v) is 2.87. The van der Waals surface area contributed by atoms with Gasteiger partial charge in [0, 0.05) is 5.56 Å². The van der Waals surface area contributed by atoms with E-state index in [1.165, 1.54) is 12.1 Å². The van der Waals surface area contributed by atoms with E-state index in [1.54, 1.807) is 6.92 Å². The third-order valence-electron chi connectivity index (χ3n) is 1.86. The minimum Gasteiger partial charge on any atom is -0.465 e. The summed E-state index contributed by atoms with van der Waals surface area (Å²) >= 11 is 0. The lowest BCUT2D eigenvalue weighted by Gasteiger charge is -2.11. The van der Waals surface area contributed by atoms with Crippen LogP contribution in [0.25, 0.3) is 0 Å². The van der Waals surface area contributed by atoms with Crippen LogP contribution in [0.2, 0.25) is 0 Å². The predicted octanol–water partition coefficient (Wildman–Crippen LogP) is 1.53. The van der Waals surface area contributed by atoms with Gasteiger partial charge >= 0.3 is 5.97 Å². The highest BCUT2D eigenvalue weighted by molar-refractivity contribution is 5.77. The molecule has 2 N–H and O–H groups in total. The molecule has 0 saturated carbocycles. The van der Waals surface area contributed by atoms with Crippen molar-refractivity contribution >= 4 is 5.97 Å². The van der Waals surface area contributed by atoms with Gasteiger partial charge in [-0.05, 0) is 13.0 Å². The number of nitrogens with two attached hydrogens (primary N) is 1. The van der Waals surface area contributed by atoms with Gasteiger partial charge < -0.3 is 10.5 Å². The Kier molecular flexibility index (Phi) is 3.74. The summed E-state index contributed by atoms with van der Waals surface area (Å²) in [6.45, 7) is 1.75. The predicted molar refractivity (Wildman–Crippen MR) is 49.9 cm³/mol. The standard InChI is InChI=1S/C10H11F2NO2/c1-2-15-10(14)9(13)6-4-3-5-7(11)8(6)12/h3-5,9H,2,13H2,1H3. The molecule has 1 unspecified atom stereocenters. The Morgan fingerprint density at radius 2 is 2.20 bits per heavy atom. The molecular weight excluding hydrogens is 204 g/mol. The molecule has 0 spiro atoms. The summed E-state index contributed by atoms with van der Waals surface area (Å²) in [7, 11) is 0. The zero-order chi connectivity index (χ0) is 11.4. The summed E-state index contributed by atoms with van der Waals surface area (Å²) in [5.74, 6) is -2.92. The highest BCUT2D eigenvalue weighted by Crippen LogP contribution is 2.18. The van der Waals surface area contributed by atoms with Crippen LogP contribution in [0.4, 0.5) is 8.78 Å². The fourth-order valence-corrected chi connectivity index (χ4v) is 1.12. The van der Waals surface area contributed by atoms with E-state index in [-0.39, 0.29) is 12.2 Å². The number of hydrogen-bond donors (Lipinski definition) is 1. The maximum Gasteiger partial charge on any atom is 0.327 e. The SMILES string of the molecule is CCOC(=O)C(N)c1cccc(F)c1F. The Morgan fingerprint density at radius 1 is 1.53 bits per heavy atom. The van der Waals surface area contributed by atoms with Gasteiger partial charge in [0.05, 0.1) is 6.61 Å². The van der Waals surface area contributed by atoms with Gasteiger partial charge in [-0.1, -0.05) is 12.1 Å². The van der Waals surface area contributed by atoms with Crippen LogP contribution in [-0.4, -0.2) is 12.6 Å². The fraction of sp³-hybridized carbons (Fsp3) is 0.300. The van der Waals surface area contributed by atoms with E-state index < -0.39 is 23.6 Å². The quantitative estimate of drug-likeness (QED) is 0.778. The van der Waals surface area contributed by atoms with E-state index in [0.717, 1.165) is 6.07 Å². The second-order valence-electron chi connectivity index (χ2n) is 2.87. The van der Waals surface area contributed by atoms with Gasteiger partial charge in [0.15, 0.2) is 11.6 Å². The molecule has 0 amide bonds. The largest absolute Gasteiger partial charge is 0.465 e. The summed E-state index contributed by atoms with van der Waals surface area (Å²) < 4.78 is 30.6. The van der Waals surface area contributed by atoms with Gasteiger partial charge in [0.1, 0.15) is 6.04 Å². The van der Waals surface area contributed by atoms with Crippen molar-refractivity contribution in [2.75, 3.05) is 6.61 Å². The summed E-state index contributed by atoms with van der Waals surface area (Å²) in [6.07, 6.45) is 0. The molecule has 0 aliphatic carbocycles. The molecular formula is C10H11F2NO2. The normalized spacial score (nSPS) is 12.3. The summed E-state index contributed by atoms with van der Waals surface area (Å²) in [4.78, 5) is 11.2. The van der Waals surface area contributed by atoms with Gasteiger partial charge in [-0.2, -0.15) is 0 Å². The van der Waals surface area contributed by atoms with E-state index in [0.29, 0.717) is 0 Å². The van der Waals surface area contributed by atoms with Crippen LogP contribution in [0.3, 0.4) is 0 Å². The van der Waals surface area contributed by atoms with Gasteiger partial charge in [0.25, 0.3) is 0 Å². The minimum absolute atomic E-state index is 0.142. The van der Waals surface area contributed by atoms with E-state index >= 15 is 0 Å².